The van der Waals surface area contributed by atoms with Gasteiger partial charge in [0.2, 0.25) is 0 Å². The highest BCUT2D eigenvalue weighted by Crippen LogP contribution is 2.04. The number of aromatic nitrogens is 2. The molecule has 6 heteroatoms. The smallest absolute Gasteiger partial charge is 0.273 e. The van der Waals surface area contributed by atoms with Gasteiger partial charge in [-0.15, -0.1) is 10.2 Å². The lowest BCUT2D eigenvalue weighted by molar-refractivity contribution is 0.0821. The SMILES string of the molecule is CCC(C)N(C)CCNc1ccc(C(=O)N(C)C)nn1. The minimum atomic E-state index is -0.138. The maximum Gasteiger partial charge on any atom is 0.273 e. The molecule has 112 valence electrons. The zero-order chi connectivity index (χ0) is 15.1. The van der Waals surface area contributed by atoms with E-state index in [0.29, 0.717) is 17.6 Å². The molecule has 0 bridgehead atoms. The number of rotatable bonds is 7. The molecule has 1 aromatic heterocycles. The summed E-state index contributed by atoms with van der Waals surface area (Å²) in [5.74, 6) is 0.554. The van der Waals surface area contributed by atoms with Crippen LogP contribution in [0.1, 0.15) is 30.8 Å². The highest BCUT2D eigenvalue weighted by atomic mass is 16.2. The third kappa shape index (κ3) is 4.77. The monoisotopic (exact) mass is 279 g/mol. The van der Waals surface area contributed by atoms with Crippen LogP contribution in [-0.4, -0.2) is 66.2 Å². The highest BCUT2D eigenvalue weighted by molar-refractivity contribution is 5.91. The first-order valence-electron chi connectivity index (χ1n) is 6.95. The number of hydrogen-bond acceptors (Lipinski definition) is 5. The molecule has 1 unspecified atom stereocenters. The van der Waals surface area contributed by atoms with Gasteiger partial charge in [-0.2, -0.15) is 0 Å². The van der Waals surface area contributed by atoms with Crippen LogP contribution in [0.4, 0.5) is 5.82 Å². The Balaban J connectivity index is 2.44. The highest BCUT2D eigenvalue weighted by Gasteiger charge is 2.10. The molecular formula is C14H25N5O. The standard InChI is InChI=1S/C14H25N5O/c1-6-11(2)19(5)10-9-15-13-8-7-12(16-17-13)14(20)18(3)4/h7-8,11H,6,9-10H2,1-5H3,(H,15,17). The predicted molar refractivity (Wildman–Crippen MR) is 80.9 cm³/mol. The third-order valence-corrected chi connectivity index (χ3v) is 3.40. The summed E-state index contributed by atoms with van der Waals surface area (Å²) in [7, 11) is 5.50. The number of likely N-dealkylation sites (N-methyl/N-ethyl adjacent to an activating group) is 1. The Hall–Kier alpha value is -1.69. The molecule has 6 nitrogen and oxygen atoms in total. The van der Waals surface area contributed by atoms with Crippen LogP contribution in [-0.2, 0) is 0 Å². The fourth-order valence-electron chi connectivity index (χ4n) is 1.66. The van der Waals surface area contributed by atoms with E-state index in [1.807, 2.05) is 0 Å². The summed E-state index contributed by atoms with van der Waals surface area (Å²) in [5.41, 5.74) is 0.359. The number of carbonyl (C=O) groups is 1. The van der Waals surface area contributed by atoms with Crippen LogP contribution in [0.5, 0.6) is 0 Å². The fourth-order valence-corrected chi connectivity index (χ4v) is 1.66. The molecule has 1 heterocycles. The van der Waals surface area contributed by atoms with Crippen molar-refractivity contribution in [3.63, 3.8) is 0 Å². The number of nitrogens with zero attached hydrogens (tertiary/aromatic N) is 4. The van der Waals surface area contributed by atoms with Crippen molar-refractivity contribution < 1.29 is 4.79 Å². The van der Waals surface area contributed by atoms with Crippen molar-refractivity contribution in [1.29, 1.82) is 0 Å². The summed E-state index contributed by atoms with van der Waals surface area (Å²) >= 11 is 0. The topological polar surface area (TPSA) is 61.4 Å². The number of carbonyl (C=O) groups excluding carboxylic acids is 1. The van der Waals surface area contributed by atoms with Gasteiger partial charge in [-0.25, -0.2) is 0 Å². The molecule has 0 radical (unpaired) electrons. The first-order chi connectivity index (χ1) is 9.45. The van der Waals surface area contributed by atoms with E-state index in [-0.39, 0.29) is 5.91 Å². The molecule has 0 aromatic carbocycles. The molecular weight excluding hydrogens is 254 g/mol. The van der Waals surface area contributed by atoms with Gasteiger partial charge in [0, 0.05) is 33.2 Å². The number of nitrogens with one attached hydrogen (secondary N) is 1. The minimum Gasteiger partial charge on any atom is -0.367 e. The van der Waals surface area contributed by atoms with Gasteiger partial charge in [0.25, 0.3) is 5.91 Å². The second-order valence-corrected chi connectivity index (χ2v) is 5.17. The molecule has 0 spiro atoms. The van der Waals surface area contributed by atoms with Gasteiger partial charge in [0.15, 0.2) is 5.69 Å². The van der Waals surface area contributed by atoms with E-state index in [0.717, 1.165) is 19.5 Å². The Morgan fingerprint density at radius 1 is 1.30 bits per heavy atom. The number of anilines is 1. The Labute approximate surface area is 121 Å². The van der Waals surface area contributed by atoms with Gasteiger partial charge in [-0.3, -0.25) is 4.79 Å². The van der Waals surface area contributed by atoms with E-state index in [9.17, 15) is 4.79 Å². The van der Waals surface area contributed by atoms with E-state index in [2.05, 4.69) is 41.3 Å². The molecule has 1 atom stereocenters. The van der Waals surface area contributed by atoms with E-state index in [1.165, 1.54) is 4.90 Å². The second-order valence-electron chi connectivity index (χ2n) is 5.17. The Bertz CT molecular complexity index is 418. The summed E-state index contributed by atoms with van der Waals surface area (Å²) in [4.78, 5) is 15.4. The minimum absolute atomic E-state index is 0.138. The van der Waals surface area contributed by atoms with Crippen LogP contribution in [0.3, 0.4) is 0 Å². The molecule has 0 aliphatic heterocycles. The quantitative estimate of drug-likeness (QED) is 0.815. The summed E-state index contributed by atoms with van der Waals surface area (Å²) in [5, 5.41) is 11.2. The lowest BCUT2D eigenvalue weighted by Gasteiger charge is -2.23. The van der Waals surface area contributed by atoms with Crippen LogP contribution in [0.15, 0.2) is 12.1 Å². The molecule has 0 fully saturated rings. The Morgan fingerprint density at radius 2 is 2.00 bits per heavy atom. The van der Waals surface area contributed by atoms with E-state index < -0.39 is 0 Å². The van der Waals surface area contributed by atoms with Crippen LogP contribution >= 0.6 is 0 Å². The lowest BCUT2D eigenvalue weighted by atomic mass is 10.2. The summed E-state index contributed by atoms with van der Waals surface area (Å²) < 4.78 is 0. The fraction of sp³-hybridized carbons (Fsp3) is 0.643. The van der Waals surface area contributed by atoms with E-state index in [1.54, 1.807) is 26.2 Å². The van der Waals surface area contributed by atoms with Gasteiger partial charge in [-0.05, 0) is 32.5 Å². The zero-order valence-electron chi connectivity index (χ0n) is 13.1. The average Bonchev–Trinajstić information content (AvgIpc) is 2.46. The summed E-state index contributed by atoms with van der Waals surface area (Å²) in [6.07, 6.45) is 1.14. The molecule has 0 aliphatic carbocycles. The van der Waals surface area contributed by atoms with Crippen LogP contribution in [0.2, 0.25) is 0 Å². The number of amides is 1. The largest absolute Gasteiger partial charge is 0.367 e. The molecule has 0 saturated carbocycles. The van der Waals surface area contributed by atoms with Crippen molar-refractivity contribution >= 4 is 11.7 Å². The molecule has 1 N–H and O–H groups in total. The van der Waals surface area contributed by atoms with Crippen LogP contribution < -0.4 is 5.32 Å². The maximum absolute atomic E-state index is 11.7. The molecule has 1 amide bonds. The second kappa shape index (κ2) is 7.79. The average molecular weight is 279 g/mol. The van der Waals surface area contributed by atoms with Gasteiger partial charge >= 0.3 is 0 Å². The predicted octanol–water partition coefficient (Wildman–Crippen LogP) is 1.32. The maximum atomic E-state index is 11.7. The molecule has 1 aromatic rings. The van der Waals surface area contributed by atoms with Crippen molar-refractivity contribution in [2.75, 3.05) is 39.5 Å². The molecule has 0 aliphatic rings. The van der Waals surface area contributed by atoms with Gasteiger partial charge in [0.1, 0.15) is 5.82 Å². The first-order valence-corrected chi connectivity index (χ1v) is 6.95. The van der Waals surface area contributed by atoms with Crippen LogP contribution in [0, 0.1) is 0 Å². The van der Waals surface area contributed by atoms with Crippen molar-refractivity contribution in [2.45, 2.75) is 26.3 Å². The van der Waals surface area contributed by atoms with Crippen molar-refractivity contribution in [3.05, 3.63) is 17.8 Å². The van der Waals surface area contributed by atoms with E-state index in [4.69, 9.17) is 0 Å². The first kappa shape index (κ1) is 16.4. The molecule has 20 heavy (non-hydrogen) atoms. The Morgan fingerprint density at radius 3 is 2.50 bits per heavy atom. The lowest BCUT2D eigenvalue weighted by Crippen LogP contribution is -2.32. The van der Waals surface area contributed by atoms with Crippen molar-refractivity contribution in [1.82, 2.24) is 20.0 Å². The zero-order valence-corrected chi connectivity index (χ0v) is 13.1. The molecule has 0 saturated heterocycles. The third-order valence-electron chi connectivity index (χ3n) is 3.40. The summed E-state index contributed by atoms with van der Waals surface area (Å²) in [6.45, 7) is 6.13. The van der Waals surface area contributed by atoms with Gasteiger partial charge < -0.3 is 15.1 Å². The normalized spacial score (nSPS) is 12.3. The van der Waals surface area contributed by atoms with Gasteiger partial charge in [0.05, 0.1) is 0 Å². The van der Waals surface area contributed by atoms with Gasteiger partial charge in [-0.1, -0.05) is 6.92 Å². The van der Waals surface area contributed by atoms with Crippen molar-refractivity contribution in [2.24, 2.45) is 0 Å². The van der Waals surface area contributed by atoms with E-state index >= 15 is 0 Å². The summed E-state index contributed by atoms with van der Waals surface area (Å²) in [6, 6.07) is 4.05. The van der Waals surface area contributed by atoms with Crippen LogP contribution in [0.25, 0.3) is 0 Å². The Kier molecular flexibility index (Phi) is 6.38. The molecule has 1 rings (SSSR count). The number of hydrogen-bond donors (Lipinski definition) is 1. The van der Waals surface area contributed by atoms with Crippen molar-refractivity contribution in [3.8, 4) is 0 Å².